The van der Waals surface area contributed by atoms with Crippen molar-refractivity contribution in [2.75, 3.05) is 36.8 Å². The highest BCUT2D eigenvalue weighted by molar-refractivity contribution is 6.49. The van der Waals surface area contributed by atoms with Crippen molar-refractivity contribution in [3.8, 4) is 0 Å². The third kappa shape index (κ3) is 5.94. The van der Waals surface area contributed by atoms with Gasteiger partial charge in [-0.3, -0.25) is 19.4 Å². The number of nitrogens with one attached hydrogen (secondary N) is 2. The number of hydrogen-bond donors (Lipinski definition) is 4. The zero-order valence-corrected chi connectivity index (χ0v) is 25.1. The maximum absolute atomic E-state index is 13.2. The first-order valence-electron chi connectivity index (χ1n) is 14.3. The van der Waals surface area contributed by atoms with Gasteiger partial charge in [0.2, 0.25) is 5.96 Å². The summed E-state index contributed by atoms with van der Waals surface area (Å²) in [6.45, 7) is 15.7. The summed E-state index contributed by atoms with van der Waals surface area (Å²) in [5.41, 5.74) is 16.5. The van der Waals surface area contributed by atoms with E-state index < -0.39 is 0 Å². The molecule has 2 aromatic rings. The molecule has 0 bridgehead atoms. The molecule has 2 saturated heterocycles. The van der Waals surface area contributed by atoms with E-state index in [2.05, 4.69) is 62.9 Å². The molecule has 1 unspecified atom stereocenters. The molecule has 1 aromatic carbocycles. The molecule has 1 amide bonds. The first-order chi connectivity index (χ1) is 19.9. The molecule has 0 saturated carbocycles. The third-order valence-corrected chi connectivity index (χ3v) is 7.90. The summed E-state index contributed by atoms with van der Waals surface area (Å²) in [7, 11) is 1.81. The Balaban J connectivity index is 1.41. The predicted octanol–water partition coefficient (Wildman–Crippen LogP) is 2.91. The summed E-state index contributed by atoms with van der Waals surface area (Å²) in [5, 5.41) is 10.8. The van der Waals surface area contributed by atoms with Crippen LogP contribution < -0.4 is 22.1 Å². The van der Waals surface area contributed by atoms with Crippen LogP contribution in [0.2, 0.25) is 0 Å². The Morgan fingerprint density at radius 3 is 2.67 bits per heavy atom. The number of aliphatic imine (C=N–C) groups is 3. The number of amides is 1. The van der Waals surface area contributed by atoms with Crippen LogP contribution in [0.25, 0.3) is 0 Å². The van der Waals surface area contributed by atoms with E-state index in [0.717, 1.165) is 37.4 Å². The monoisotopic (exact) mass is 571 g/mol. The molecule has 12 heteroatoms. The minimum Gasteiger partial charge on any atom is -0.383 e. The zero-order chi connectivity index (χ0) is 30.2. The lowest BCUT2D eigenvalue weighted by Crippen LogP contribution is -2.52. The standard InChI is InChI=1S/C30H41N11O/c1-7-33-24-25(36-29(37-26(24)31)41-14-13-40-12-8-9-20(40)17-41)27(32)34-21-15-19(11-10-18(21)2)28(42)35-23-16-22(30(3,4)5)38-39(23)6/h7,10-11,15-16,20,34H,1,8-9,12-14,17,32H2,2-6H3,(H,35,42)(H2,31,36,37)/b27-25-,33-24+. The van der Waals surface area contributed by atoms with Gasteiger partial charge in [0, 0.05) is 61.7 Å². The topological polar surface area (TPSA) is 155 Å². The van der Waals surface area contributed by atoms with Crippen molar-refractivity contribution in [1.82, 2.24) is 19.6 Å². The molecule has 12 nitrogen and oxygen atoms in total. The lowest BCUT2D eigenvalue weighted by molar-refractivity contribution is 0.102. The van der Waals surface area contributed by atoms with Crippen LogP contribution in [-0.4, -0.2) is 75.2 Å². The highest BCUT2D eigenvalue weighted by Crippen LogP contribution is 2.26. The third-order valence-electron chi connectivity index (χ3n) is 7.90. The lowest BCUT2D eigenvalue weighted by Gasteiger charge is -2.38. The molecule has 0 aliphatic carbocycles. The largest absolute Gasteiger partial charge is 0.383 e. The van der Waals surface area contributed by atoms with E-state index in [1.165, 1.54) is 19.0 Å². The number of fused-ring (bicyclic) bond motifs is 1. The maximum Gasteiger partial charge on any atom is 0.256 e. The minimum atomic E-state index is -0.262. The number of carbonyl (C=O) groups is 1. The first kappa shape index (κ1) is 29.1. The molecular formula is C30H41N11O. The van der Waals surface area contributed by atoms with E-state index in [4.69, 9.17) is 16.5 Å². The van der Waals surface area contributed by atoms with Gasteiger partial charge in [-0.2, -0.15) is 10.1 Å². The van der Waals surface area contributed by atoms with Crippen molar-refractivity contribution in [2.45, 2.75) is 52.0 Å². The normalized spacial score (nSPS) is 21.5. The van der Waals surface area contributed by atoms with Gasteiger partial charge in [0.1, 0.15) is 23.0 Å². The highest BCUT2D eigenvalue weighted by Gasteiger charge is 2.33. The number of rotatable bonds is 5. The Hall–Kier alpha value is -4.45. The molecule has 3 aliphatic rings. The molecular weight excluding hydrogens is 530 g/mol. The van der Waals surface area contributed by atoms with Gasteiger partial charge >= 0.3 is 0 Å². The van der Waals surface area contributed by atoms with E-state index >= 15 is 0 Å². The fourth-order valence-corrected chi connectivity index (χ4v) is 5.42. The van der Waals surface area contributed by atoms with Crippen LogP contribution in [0.15, 0.2) is 63.5 Å². The number of anilines is 2. The molecule has 0 spiro atoms. The Labute approximate surface area is 247 Å². The van der Waals surface area contributed by atoms with Crippen molar-refractivity contribution in [2.24, 2.45) is 33.5 Å². The van der Waals surface area contributed by atoms with Crippen molar-refractivity contribution < 1.29 is 4.79 Å². The average molecular weight is 572 g/mol. The van der Waals surface area contributed by atoms with Crippen LogP contribution in [0.1, 0.15) is 55.2 Å². The smallest absolute Gasteiger partial charge is 0.256 e. The van der Waals surface area contributed by atoms with E-state index in [9.17, 15) is 4.79 Å². The van der Waals surface area contributed by atoms with Gasteiger partial charge in [-0.15, -0.1) is 0 Å². The lowest BCUT2D eigenvalue weighted by atomic mass is 9.92. The summed E-state index contributed by atoms with van der Waals surface area (Å²) < 4.78 is 1.67. The molecule has 0 radical (unpaired) electrons. The highest BCUT2D eigenvalue weighted by atomic mass is 16.1. The molecule has 2 fully saturated rings. The van der Waals surface area contributed by atoms with E-state index in [1.807, 2.05) is 26.1 Å². The summed E-state index contributed by atoms with van der Waals surface area (Å²) in [4.78, 5) is 31.6. The second-order valence-corrected chi connectivity index (χ2v) is 12.0. The Bertz CT molecular complexity index is 1520. The number of aromatic nitrogens is 2. The molecule has 222 valence electrons. The predicted molar refractivity (Wildman–Crippen MR) is 169 cm³/mol. The Kier molecular flexibility index (Phi) is 7.91. The fraction of sp³-hybridized carbons (Fsp3) is 0.433. The van der Waals surface area contributed by atoms with E-state index in [1.54, 1.807) is 16.8 Å². The molecule has 5 rings (SSSR count). The van der Waals surface area contributed by atoms with Gasteiger partial charge in [0.05, 0.1) is 5.69 Å². The van der Waals surface area contributed by atoms with Crippen molar-refractivity contribution in [1.29, 1.82) is 0 Å². The van der Waals surface area contributed by atoms with Crippen LogP contribution in [0.5, 0.6) is 0 Å². The van der Waals surface area contributed by atoms with Gasteiger partial charge < -0.3 is 27.0 Å². The number of benzene rings is 1. The number of amidine groups is 1. The zero-order valence-electron chi connectivity index (χ0n) is 25.1. The molecule has 1 aromatic heterocycles. The number of nitrogens with two attached hydrogens (primary N) is 2. The molecule has 3 aliphatic heterocycles. The van der Waals surface area contributed by atoms with Gasteiger partial charge in [0.15, 0.2) is 5.84 Å². The first-order valence-corrected chi connectivity index (χ1v) is 14.3. The number of hydrogen-bond acceptors (Lipinski definition) is 10. The summed E-state index contributed by atoms with van der Waals surface area (Å²) in [5.74, 6) is 1.35. The van der Waals surface area contributed by atoms with Crippen LogP contribution in [-0.2, 0) is 12.5 Å². The van der Waals surface area contributed by atoms with E-state index in [-0.39, 0.29) is 23.0 Å². The number of guanidine groups is 1. The Morgan fingerprint density at radius 1 is 1.17 bits per heavy atom. The summed E-state index contributed by atoms with van der Waals surface area (Å²) in [6.07, 6.45) is 3.77. The summed E-state index contributed by atoms with van der Waals surface area (Å²) >= 11 is 0. The second kappa shape index (κ2) is 11.4. The van der Waals surface area contributed by atoms with Gasteiger partial charge in [-0.1, -0.05) is 33.4 Å². The van der Waals surface area contributed by atoms with Crippen LogP contribution in [0.4, 0.5) is 11.5 Å². The maximum atomic E-state index is 13.2. The van der Waals surface area contributed by atoms with Crippen LogP contribution in [0.3, 0.4) is 0 Å². The van der Waals surface area contributed by atoms with Crippen LogP contribution >= 0.6 is 0 Å². The number of piperazine rings is 1. The number of nitrogens with zero attached hydrogens (tertiary/aromatic N) is 7. The summed E-state index contributed by atoms with van der Waals surface area (Å²) in [6, 6.07) is 7.78. The second-order valence-electron chi connectivity index (χ2n) is 12.0. The van der Waals surface area contributed by atoms with Gasteiger partial charge in [-0.25, -0.2) is 4.99 Å². The van der Waals surface area contributed by atoms with Crippen molar-refractivity contribution in [3.63, 3.8) is 0 Å². The van der Waals surface area contributed by atoms with Crippen molar-refractivity contribution in [3.05, 3.63) is 65.4 Å². The molecule has 4 heterocycles. The van der Waals surface area contributed by atoms with Gasteiger partial charge in [-0.05, 0) is 44.0 Å². The number of aryl methyl sites for hydroxylation is 2. The van der Waals surface area contributed by atoms with E-state index in [0.29, 0.717) is 40.5 Å². The Morgan fingerprint density at radius 2 is 1.95 bits per heavy atom. The molecule has 1 atom stereocenters. The quantitative estimate of drug-likeness (QED) is 0.430. The van der Waals surface area contributed by atoms with Crippen LogP contribution in [0, 0.1) is 6.92 Å². The minimum absolute atomic E-state index is 0.138. The van der Waals surface area contributed by atoms with Gasteiger partial charge in [0.25, 0.3) is 5.91 Å². The number of carbonyl (C=O) groups excluding carboxylic acids is 1. The SMILES string of the molecule is C=C/N=C1/C(N)=NC(N2CCN3CCCC3C2)=N/C1=C(/N)Nc1cc(C(=O)Nc2cc(C(C)(C)C)nn2C)ccc1C. The average Bonchev–Trinajstić information content (AvgIpc) is 3.56. The molecule has 42 heavy (non-hydrogen) atoms. The molecule has 6 N–H and O–H groups in total. The fourth-order valence-electron chi connectivity index (χ4n) is 5.42. The van der Waals surface area contributed by atoms with Crippen molar-refractivity contribution >= 4 is 34.9 Å².